The van der Waals surface area contributed by atoms with Crippen LogP contribution >= 0.6 is 23.2 Å². The van der Waals surface area contributed by atoms with Crippen LogP contribution in [0.4, 0.5) is 23.2 Å². The van der Waals surface area contributed by atoms with Gasteiger partial charge in [-0.1, -0.05) is 47.5 Å². The van der Waals surface area contributed by atoms with Crippen LogP contribution in [0.25, 0.3) is 0 Å². The Balaban J connectivity index is 1.33. The zero-order valence-electron chi connectivity index (χ0n) is 24.5. The van der Waals surface area contributed by atoms with Crippen LogP contribution in [0.1, 0.15) is 58.6 Å². The van der Waals surface area contributed by atoms with Gasteiger partial charge in [-0.2, -0.15) is 13.2 Å². The fraction of sp³-hybridized carbons (Fsp3) is 0.406. The third-order valence-corrected chi connectivity index (χ3v) is 11.4. The fourth-order valence-electron chi connectivity index (χ4n) is 6.43. The molecule has 242 valence electrons. The van der Waals surface area contributed by atoms with E-state index < -0.39 is 39.4 Å². The molecule has 1 atom stereocenters. The fourth-order valence-corrected chi connectivity index (χ4v) is 8.39. The zero-order valence-corrected chi connectivity index (χ0v) is 26.8. The molecule has 5 rings (SSSR count). The molecule has 1 amide bonds. The number of piperidine rings is 1. The van der Waals surface area contributed by atoms with Gasteiger partial charge in [0.1, 0.15) is 5.82 Å². The normalized spacial score (nSPS) is 16.9. The monoisotopic (exact) mass is 685 g/mol. The van der Waals surface area contributed by atoms with E-state index >= 15 is 0 Å². The van der Waals surface area contributed by atoms with E-state index in [1.807, 2.05) is 24.3 Å². The number of para-hydroxylation sites is 1. The van der Waals surface area contributed by atoms with Crippen molar-refractivity contribution in [2.24, 2.45) is 0 Å². The SMILES string of the molecule is CN(C[C@@H](CCCS(=O)(=O)N1CC2(CCNCC2)c2ccccc21)c1ccc(Cl)c(Cl)c1)C(=O)c1ccc(F)c(C(F)(F)F)c1. The molecular formula is C32H33Cl2F4N3O3S. The van der Waals surface area contributed by atoms with E-state index in [1.54, 1.807) is 18.2 Å². The Kier molecular flexibility index (Phi) is 9.75. The number of nitrogens with one attached hydrogen (secondary N) is 1. The predicted octanol–water partition coefficient (Wildman–Crippen LogP) is 7.26. The van der Waals surface area contributed by atoms with Crippen molar-refractivity contribution in [2.45, 2.75) is 43.2 Å². The summed E-state index contributed by atoms with van der Waals surface area (Å²) in [4.78, 5) is 14.4. The Morgan fingerprint density at radius 2 is 1.76 bits per heavy atom. The number of rotatable bonds is 9. The molecule has 0 unspecified atom stereocenters. The Morgan fingerprint density at radius 3 is 2.44 bits per heavy atom. The zero-order chi connectivity index (χ0) is 32.6. The molecule has 2 heterocycles. The molecule has 0 aromatic heterocycles. The van der Waals surface area contributed by atoms with Crippen molar-refractivity contribution >= 4 is 44.8 Å². The first-order valence-corrected chi connectivity index (χ1v) is 17.0. The van der Waals surface area contributed by atoms with Crippen molar-refractivity contribution in [1.82, 2.24) is 10.2 Å². The van der Waals surface area contributed by atoms with Crippen LogP contribution in [-0.4, -0.2) is 58.2 Å². The van der Waals surface area contributed by atoms with Gasteiger partial charge in [-0.25, -0.2) is 12.8 Å². The van der Waals surface area contributed by atoms with Gasteiger partial charge in [0.15, 0.2) is 0 Å². The molecule has 1 fully saturated rings. The Hall–Kier alpha value is -2.86. The van der Waals surface area contributed by atoms with Crippen molar-refractivity contribution < 1.29 is 30.8 Å². The summed E-state index contributed by atoms with van der Waals surface area (Å²) < 4.78 is 82.8. The number of amides is 1. The van der Waals surface area contributed by atoms with Gasteiger partial charge in [0.25, 0.3) is 5.91 Å². The summed E-state index contributed by atoms with van der Waals surface area (Å²) >= 11 is 12.4. The van der Waals surface area contributed by atoms with Gasteiger partial charge in [-0.15, -0.1) is 0 Å². The van der Waals surface area contributed by atoms with Crippen LogP contribution in [0.15, 0.2) is 60.7 Å². The van der Waals surface area contributed by atoms with Crippen molar-refractivity contribution in [3.05, 3.63) is 98.8 Å². The number of alkyl halides is 3. The highest BCUT2D eigenvalue weighted by molar-refractivity contribution is 7.92. The Bertz CT molecular complexity index is 1680. The van der Waals surface area contributed by atoms with Crippen molar-refractivity contribution in [3.8, 4) is 0 Å². The first-order valence-electron chi connectivity index (χ1n) is 14.6. The van der Waals surface area contributed by atoms with Gasteiger partial charge < -0.3 is 10.2 Å². The van der Waals surface area contributed by atoms with E-state index in [2.05, 4.69) is 5.32 Å². The number of sulfonamides is 1. The van der Waals surface area contributed by atoms with Crippen molar-refractivity contribution in [3.63, 3.8) is 0 Å². The van der Waals surface area contributed by atoms with Crippen LogP contribution in [0.2, 0.25) is 10.0 Å². The lowest BCUT2D eigenvalue weighted by Crippen LogP contribution is -2.44. The van der Waals surface area contributed by atoms with Crippen LogP contribution in [0.3, 0.4) is 0 Å². The number of halogens is 6. The Labute approximate surface area is 270 Å². The van der Waals surface area contributed by atoms with Gasteiger partial charge >= 0.3 is 6.18 Å². The molecule has 0 bridgehead atoms. The first kappa shape index (κ1) is 33.5. The molecule has 0 saturated carbocycles. The van der Waals surface area contributed by atoms with Crippen LogP contribution in [0, 0.1) is 5.82 Å². The predicted molar refractivity (Wildman–Crippen MR) is 168 cm³/mol. The average molecular weight is 687 g/mol. The number of hydrogen-bond donors (Lipinski definition) is 1. The lowest BCUT2D eigenvalue weighted by molar-refractivity contribution is -0.140. The summed E-state index contributed by atoms with van der Waals surface area (Å²) in [6.07, 6.45) is -2.70. The number of carbonyl (C=O) groups is 1. The number of anilines is 1. The van der Waals surface area contributed by atoms with E-state index in [0.29, 0.717) is 41.4 Å². The second kappa shape index (κ2) is 13.1. The maximum absolute atomic E-state index is 13.8. The maximum Gasteiger partial charge on any atom is 0.419 e. The molecule has 1 saturated heterocycles. The largest absolute Gasteiger partial charge is 0.419 e. The molecule has 3 aromatic carbocycles. The van der Waals surface area contributed by atoms with E-state index in [1.165, 1.54) is 16.3 Å². The molecule has 45 heavy (non-hydrogen) atoms. The second-order valence-electron chi connectivity index (χ2n) is 11.8. The number of benzene rings is 3. The average Bonchev–Trinajstić information content (AvgIpc) is 3.32. The molecule has 1 spiro atoms. The third-order valence-electron chi connectivity index (χ3n) is 8.82. The minimum atomic E-state index is -4.96. The highest BCUT2D eigenvalue weighted by Gasteiger charge is 2.46. The molecular weight excluding hydrogens is 653 g/mol. The number of likely N-dealkylation sites (N-methyl/N-ethyl adjacent to an activating group) is 1. The lowest BCUT2D eigenvalue weighted by Gasteiger charge is -2.34. The molecule has 0 aliphatic carbocycles. The molecule has 6 nitrogen and oxygen atoms in total. The summed E-state index contributed by atoms with van der Waals surface area (Å²) in [5, 5.41) is 3.94. The van der Waals surface area contributed by atoms with E-state index in [4.69, 9.17) is 23.2 Å². The van der Waals surface area contributed by atoms with E-state index in [0.717, 1.165) is 37.6 Å². The smallest absolute Gasteiger partial charge is 0.341 e. The molecule has 2 aliphatic heterocycles. The second-order valence-corrected chi connectivity index (χ2v) is 14.6. The van der Waals surface area contributed by atoms with Gasteiger partial charge in [-0.05, 0) is 86.3 Å². The van der Waals surface area contributed by atoms with Crippen LogP contribution in [-0.2, 0) is 21.6 Å². The highest BCUT2D eigenvalue weighted by atomic mass is 35.5. The Morgan fingerprint density at radius 1 is 1.04 bits per heavy atom. The number of fused-ring (bicyclic) bond motifs is 2. The molecule has 3 aromatic rings. The minimum absolute atomic E-state index is 0.0399. The summed E-state index contributed by atoms with van der Waals surface area (Å²) in [5.74, 6) is -2.77. The lowest BCUT2D eigenvalue weighted by atomic mass is 9.75. The van der Waals surface area contributed by atoms with Crippen LogP contribution in [0.5, 0.6) is 0 Å². The topological polar surface area (TPSA) is 69.7 Å². The third kappa shape index (κ3) is 7.11. The summed E-state index contributed by atoms with van der Waals surface area (Å²) in [5.41, 5.74) is 0.384. The van der Waals surface area contributed by atoms with Gasteiger partial charge in [0.05, 0.1) is 27.0 Å². The minimum Gasteiger partial charge on any atom is -0.341 e. The molecule has 1 N–H and O–H groups in total. The van der Waals surface area contributed by atoms with E-state index in [9.17, 15) is 30.8 Å². The van der Waals surface area contributed by atoms with Gasteiger partial charge in [0.2, 0.25) is 10.0 Å². The maximum atomic E-state index is 13.8. The van der Waals surface area contributed by atoms with Gasteiger partial charge in [0, 0.05) is 37.0 Å². The molecule has 0 radical (unpaired) electrons. The van der Waals surface area contributed by atoms with Gasteiger partial charge in [-0.3, -0.25) is 9.10 Å². The number of hydrogen-bond acceptors (Lipinski definition) is 4. The first-order chi connectivity index (χ1) is 21.2. The summed E-state index contributed by atoms with van der Waals surface area (Å²) in [7, 11) is -2.28. The van der Waals surface area contributed by atoms with Crippen LogP contribution < -0.4 is 9.62 Å². The van der Waals surface area contributed by atoms with Crippen molar-refractivity contribution in [2.75, 3.05) is 43.3 Å². The number of nitrogens with zero attached hydrogens (tertiary/aromatic N) is 2. The quantitative estimate of drug-likeness (QED) is 0.241. The number of carbonyl (C=O) groups excluding carboxylic acids is 1. The van der Waals surface area contributed by atoms with Crippen molar-refractivity contribution in [1.29, 1.82) is 0 Å². The summed E-state index contributed by atoms with van der Waals surface area (Å²) in [6, 6.07) is 14.7. The summed E-state index contributed by atoms with van der Waals surface area (Å²) in [6.45, 7) is 2.06. The highest BCUT2D eigenvalue weighted by Crippen LogP contribution is 2.47. The molecule has 2 aliphatic rings. The molecule has 13 heteroatoms. The van der Waals surface area contributed by atoms with E-state index in [-0.39, 0.29) is 34.7 Å². The standard InChI is InChI=1S/C32H33Cl2F4N3O3S/c1-40(30(42)22-9-11-28(35)25(17-22)32(36,37)38)19-23(21-8-10-26(33)27(34)18-21)5-4-16-45(43,44)41-20-31(12-14-39-15-13-31)24-6-2-3-7-29(24)41/h2-3,6-11,17-18,23,39H,4-5,12-16,19-20H2,1H3/t23-/m1/s1.